The van der Waals surface area contributed by atoms with Crippen molar-refractivity contribution in [3.05, 3.63) is 64.5 Å². The Hall–Kier alpha value is -2.16. The van der Waals surface area contributed by atoms with Crippen molar-refractivity contribution < 1.29 is 13.9 Å². The van der Waals surface area contributed by atoms with Crippen LogP contribution in [0.4, 0.5) is 4.39 Å². The third-order valence-electron chi connectivity index (χ3n) is 3.61. The number of rotatable bonds is 4. The maximum absolute atomic E-state index is 13.3. The topological polar surface area (TPSA) is 26.3 Å². The average Bonchev–Trinajstić information content (AvgIpc) is 2.45. The van der Waals surface area contributed by atoms with E-state index in [-0.39, 0.29) is 11.6 Å². The predicted octanol–water partition coefficient (Wildman–Crippen LogP) is 4.40. The molecule has 0 saturated heterocycles. The van der Waals surface area contributed by atoms with Crippen molar-refractivity contribution in [1.82, 2.24) is 0 Å². The van der Waals surface area contributed by atoms with E-state index >= 15 is 0 Å². The zero-order chi connectivity index (χ0) is 15.6. The predicted molar refractivity (Wildman–Crippen MR) is 81.5 cm³/mol. The molecule has 0 radical (unpaired) electrons. The minimum atomic E-state index is -0.660. The number of ether oxygens (including phenoxy) is 1. The molecule has 1 unspecified atom stereocenters. The zero-order valence-electron chi connectivity index (χ0n) is 12.7. The molecule has 0 N–H and O–H groups in total. The lowest BCUT2D eigenvalue weighted by molar-refractivity contribution is 0.0816. The van der Waals surface area contributed by atoms with Gasteiger partial charge in [-0.05, 0) is 56.5 Å². The van der Waals surface area contributed by atoms with Gasteiger partial charge in [-0.25, -0.2) is 4.39 Å². The molecule has 0 aliphatic rings. The summed E-state index contributed by atoms with van der Waals surface area (Å²) in [6, 6.07) is 9.89. The van der Waals surface area contributed by atoms with Gasteiger partial charge in [0.2, 0.25) is 5.78 Å². The van der Waals surface area contributed by atoms with Crippen LogP contribution in [0.25, 0.3) is 0 Å². The summed E-state index contributed by atoms with van der Waals surface area (Å²) in [4.78, 5) is 12.4. The van der Waals surface area contributed by atoms with Gasteiger partial charge in [-0.1, -0.05) is 18.2 Å². The van der Waals surface area contributed by atoms with E-state index in [1.807, 2.05) is 32.9 Å². The first-order chi connectivity index (χ1) is 9.88. The number of ketones is 1. The van der Waals surface area contributed by atoms with Crippen LogP contribution in [0.5, 0.6) is 5.75 Å². The molecule has 2 nitrogen and oxygen atoms in total. The van der Waals surface area contributed by atoms with Gasteiger partial charge < -0.3 is 4.74 Å². The Morgan fingerprint density at radius 1 is 1.00 bits per heavy atom. The van der Waals surface area contributed by atoms with Crippen molar-refractivity contribution in [3.63, 3.8) is 0 Å². The Kier molecular flexibility index (Phi) is 4.41. The van der Waals surface area contributed by atoms with Crippen LogP contribution in [0.15, 0.2) is 36.4 Å². The molecular formula is C18H19FO2. The summed E-state index contributed by atoms with van der Waals surface area (Å²) in [6.45, 7) is 7.47. The maximum atomic E-state index is 13.3. The van der Waals surface area contributed by atoms with Crippen molar-refractivity contribution >= 4 is 5.78 Å². The molecular weight excluding hydrogens is 267 g/mol. The number of halogens is 1. The minimum Gasteiger partial charge on any atom is -0.482 e. The lowest BCUT2D eigenvalue weighted by Gasteiger charge is -2.16. The van der Waals surface area contributed by atoms with Crippen LogP contribution in [0, 0.1) is 26.6 Å². The van der Waals surface area contributed by atoms with Crippen LogP contribution >= 0.6 is 0 Å². The number of hydrogen-bond acceptors (Lipinski definition) is 2. The van der Waals surface area contributed by atoms with Gasteiger partial charge in [0.05, 0.1) is 0 Å². The summed E-state index contributed by atoms with van der Waals surface area (Å²) in [5.74, 6) is -0.0807. The highest BCUT2D eigenvalue weighted by atomic mass is 19.1. The van der Waals surface area contributed by atoms with E-state index in [2.05, 4.69) is 0 Å². The smallest absolute Gasteiger partial charge is 0.203 e. The average molecular weight is 286 g/mol. The second-order valence-corrected chi connectivity index (χ2v) is 5.33. The fourth-order valence-electron chi connectivity index (χ4n) is 2.07. The Bertz CT molecular complexity index is 677. The van der Waals surface area contributed by atoms with E-state index in [9.17, 15) is 9.18 Å². The van der Waals surface area contributed by atoms with Crippen molar-refractivity contribution in [3.8, 4) is 5.75 Å². The molecule has 2 aromatic carbocycles. The van der Waals surface area contributed by atoms with Gasteiger partial charge in [-0.2, -0.15) is 0 Å². The zero-order valence-corrected chi connectivity index (χ0v) is 12.7. The molecule has 0 aliphatic heterocycles. The number of carbonyl (C=O) groups excluding carboxylic acids is 1. The lowest BCUT2D eigenvalue weighted by Crippen LogP contribution is -2.24. The Labute approximate surface area is 124 Å². The third-order valence-corrected chi connectivity index (χ3v) is 3.61. The molecule has 1 atom stereocenters. The van der Waals surface area contributed by atoms with Gasteiger partial charge in [-0.15, -0.1) is 0 Å². The summed E-state index contributed by atoms with van der Waals surface area (Å²) < 4.78 is 18.9. The maximum Gasteiger partial charge on any atom is 0.203 e. The summed E-state index contributed by atoms with van der Waals surface area (Å²) in [7, 11) is 0. The van der Waals surface area contributed by atoms with Gasteiger partial charge in [0.25, 0.3) is 0 Å². The summed E-state index contributed by atoms with van der Waals surface area (Å²) in [5.41, 5.74) is 3.62. The second kappa shape index (κ2) is 6.08. The van der Waals surface area contributed by atoms with E-state index in [0.717, 1.165) is 16.7 Å². The van der Waals surface area contributed by atoms with Crippen LogP contribution in [0.1, 0.15) is 34.0 Å². The highest BCUT2D eigenvalue weighted by Gasteiger charge is 2.18. The van der Waals surface area contributed by atoms with E-state index < -0.39 is 6.10 Å². The SMILES string of the molecule is Cc1ccc(C(=O)C(C)Oc2cc(F)ccc2C)cc1C. The molecule has 0 fully saturated rings. The van der Waals surface area contributed by atoms with Gasteiger partial charge in [0.15, 0.2) is 6.10 Å². The lowest BCUT2D eigenvalue weighted by atomic mass is 10.0. The second-order valence-electron chi connectivity index (χ2n) is 5.33. The Morgan fingerprint density at radius 3 is 2.33 bits per heavy atom. The minimum absolute atomic E-state index is 0.109. The molecule has 3 heteroatoms. The van der Waals surface area contributed by atoms with E-state index in [1.54, 1.807) is 19.1 Å². The molecule has 2 aromatic rings. The molecule has 0 aliphatic carbocycles. The van der Waals surface area contributed by atoms with E-state index in [1.165, 1.54) is 12.1 Å². The number of carbonyl (C=O) groups is 1. The van der Waals surface area contributed by atoms with Gasteiger partial charge in [0, 0.05) is 11.6 Å². The van der Waals surface area contributed by atoms with E-state index in [0.29, 0.717) is 11.3 Å². The standard InChI is InChI=1S/C18H19FO2/c1-11-5-7-15(9-13(11)3)18(20)14(4)21-17-10-16(19)8-6-12(17)2/h5-10,14H,1-4H3. The Morgan fingerprint density at radius 2 is 1.67 bits per heavy atom. The fraction of sp³-hybridized carbons (Fsp3) is 0.278. The van der Waals surface area contributed by atoms with Gasteiger partial charge in [0.1, 0.15) is 11.6 Å². The first kappa shape index (κ1) is 15.2. The molecule has 21 heavy (non-hydrogen) atoms. The highest BCUT2D eigenvalue weighted by molar-refractivity contribution is 5.99. The van der Waals surface area contributed by atoms with Gasteiger partial charge >= 0.3 is 0 Å². The Balaban J connectivity index is 2.19. The molecule has 0 heterocycles. The first-order valence-corrected chi connectivity index (χ1v) is 6.93. The van der Waals surface area contributed by atoms with Gasteiger partial charge in [-0.3, -0.25) is 4.79 Å². The first-order valence-electron chi connectivity index (χ1n) is 6.93. The van der Waals surface area contributed by atoms with Crippen molar-refractivity contribution in [2.45, 2.75) is 33.8 Å². The van der Waals surface area contributed by atoms with Crippen molar-refractivity contribution in [1.29, 1.82) is 0 Å². The molecule has 0 aromatic heterocycles. The molecule has 0 bridgehead atoms. The molecule has 0 saturated carbocycles. The number of aryl methyl sites for hydroxylation is 3. The monoisotopic (exact) mass is 286 g/mol. The molecule has 2 rings (SSSR count). The van der Waals surface area contributed by atoms with E-state index in [4.69, 9.17) is 4.74 Å². The van der Waals surface area contributed by atoms with Crippen molar-refractivity contribution in [2.24, 2.45) is 0 Å². The number of Topliss-reactive ketones (excluding diaryl/α,β-unsaturated/α-hetero) is 1. The quantitative estimate of drug-likeness (QED) is 0.779. The van der Waals surface area contributed by atoms with Crippen LogP contribution in [0.3, 0.4) is 0 Å². The fourth-order valence-corrected chi connectivity index (χ4v) is 2.07. The normalized spacial score (nSPS) is 12.0. The van der Waals surface area contributed by atoms with Crippen LogP contribution in [-0.2, 0) is 0 Å². The molecule has 110 valence electrons. The summed E-state index contributed by atoms with van der Waals surface area (Å²) >= 11 is 0. The third kappa shape index (κ3) is 3.48. The largest absolute Gasteiger partial charge is 0.482 e. The highest BCUT2D eigenvalue weighted by Crippen LogP contribution is 2.21. The number of hydrogen-bond donors (Lipinski definition) is 0. The van der Waals surface area contributed by atoms with Crippen LogP contribution in [0.2, 0.25) is 0 Å². The molecule has 0 spiro atoms. The molecule has 0 amide bonds. The van der Waals surface area contributed by atoms with Crippen LogP contribution < -0.4 is 4.74 Å². The number of benzene rings is 2. The summed E-state index contributed by atoms with van der Waals surface area (Å²) in [6.07, 6.45) is -0.660. The summed E-state index contributed by atoms with van der Waals surface area (Å²) in [5, 5.41) is 0. The van der Waals surface area contributed by atoms with Crippen LogP contribution in [-0.4, -0.2) is 11.9 Å². The van der Waals surface area contributed by atoms with Crippen molar-refractivity contribution in [2.75, 3.05) is 0 Å².